The summed E-state index contributed by atoms with van der Waals surface area (Å²) < 4.78 is 12.8. The van der Waals surface area contributed by atoms with Gasteiger partial charge in [-0.05, 0) is 17.7 Å². The summed E-state index contributed by atoms with van der Waals surface area (Å²) in [4.78, 5) is 25.0. The molecule has 1 aliphatic heterocycles. The Morgan fingerprint density at radius 2 is 2.00 bits per heavy atom. The van der Waals surface area contributed by atoms with Crippen molar-refractivity contribution in [2.24, 2.45) is 5.92 Å². The van der Waals surface area contributed by atoms with Crippen molar-refractivity contribution < 1.29 is 19.1 Å². The van der Waals surface area contributed by atoms with Crippen LogP contribution in [0, 0.1) is 11.7 Å². The van der Waals surface area contributed by atoms with E-state index in [-0.39, 0.29) is 42.6 Å². The van der Waals surface area contributed by atoms with E-state index in [4.69, 9.17) is 0 Å². The lowest BCUT2D eigenvalue weighted by Gasteiger charge is -2.17. The zero-order valence-corrected chi connectivity index (χ0v) is 11.9. The molecular weight excluding hydrogens is 275 g/mol. The van der Waals surface area contributed by atoms with Crippen molar-refractivity contribution in [3.63, 3.8) is 0 Å². The highest BCUT2D eigenvalue weighted by Crippen LogP contribution is 2.18. The lowest BCUT2D eigenvalue weighted by molar-refractivity contribution is -0.130. The SMILES string of the molecule is CC(=O)N[C@@H]1CN(C(=O)Cc2ccc(F)cc2)C[C@H]1CO. The van der Waals surface area contributed by atoms with Crippen LogP contribution < -0.4 is 5.32 Å². The summed E-state index contributed by atoms with van der Waals surface area (Å²) in [5.74, 6) is -0.747. The first-order chi connectivity index (χ1) is 9.99. The number of aliphatic hydroxyl groups is 1. The van der Waals surface area contributed by atoms with E-state index in [1.165, 1.54) is 19.1 Å². The van der Waals surface area contributed by atoms with Crippen molar-refractivity contribution in [1.82, 2.24) is 10.2 Å². The van der Waals surface area contributed by atoms with Crippen LogP contribution in [0.25, 0.3) is 0 Å². The molecule has 1 aromatic carbocycles. The number of carbonyl (C=O) groups is 2. The number of carbonyl (C=O) groups excluding carboxylic acids is 2. The predicted octanol–water partition coefficient (Wildman–Crippen LogP) is 0.324. The van der Waals surface area contributed by atoms with E-state index in [2.05, 4.69) is 5.32 Å². The summed E-state index contributed by atoms with van der Waals surface area (Å²) >= 11 is 0. The summed E-state index contributed by atoms with van der Waals surface area (Å²) in [5, 5.41) is 12.1. The average Bonchev–Trinajstić information content (AvgIpc) is 2.83. The Morgan fingerprint density at radius 3 is 2.57 bits per heavy atom. The fourth-order valence-electron chi connectivity index (χ4n) is 2.57. The van der Waals surface area contributed by atoms with E-state index in [0.29, 0.717) is 13.1 Å². The minimum Gasteiger partial charge on any atom is -0.396 e. The van der Waals surface area contributed by atoms with Crippen molar-refractivity contribution in [3.8, 4) is 0 Å². The monoisotopic (exact) mass is 294 g/mol. The highest BCUT2D eigenvalue weighted by atomic mass is 19.1. The van der Waals surface area contributed by atoms with Crippen LogP contribution in [-0.4, -0.2) is 47.6 Å². The van der Waals surface area contributed by atoms with Gasteiger partial charge in [-0.3, -0.25) is 9.59 Å². The van der Waals surface area contributed by atoms with Gasteiger partial charge in [0, 0.05) is 32.5 Å². The molecule has 1 heterocycles. The van der Waals surface area contributed by atoms with E-state index < -0.39 is 0 Å². The highest BCUT2D eigenvalue weighted by Gasteiger charge is 2.35. The lowest BCUT2D eigenvalue weighted by atomic mass is 10.1. The van der Waals surface area contributed by atoms with Gasteiger partial charge in [-0.15, -0.1) is 0 Å². The number of rotatable bonds is 4. The van der Waals surface area contributed by atoms with E-state index in [1.54, 1.807) is 17.0 Å². The number of amides is 2. The molecule has 2 rings (SSSR count). The van der Waals surface area contributed by atoms with Crippen molar-refractivity contribution in [2.75, 3.05) is 19.7 Å². The summed E-state index contributed by atoms with van der Waals surface area (Å²) in [6.07, 6.45) is 0.186. The topological polar surface area (TPSA) is 69.6 Å². The standard InChI is InChI=1S/C15H19FN2O3/c1-10(20)17-14-8-18(7-12(14)9-19)15(21)6-11-2-4-13(16)5-3-11/h2-5,12,14,19H,6-9H2,1H3,(H,17,20)/t12-,14+/m0/s1. The van der Waals surface area contributed by atoms with Gasteiger partial charge < -0.3 is 15.3 Å². The van der Waals surface area contributed by atoms with Crippen LogP contribution >= 0.6 is 0 Å². The Balaban J connectivity index is 1.97. The van der Waals surface area contributed by atoms with Crippen molar-refractivity contribution >= 4 is 11.8 Å². The molecule has 0 aliphatic carbocycles. The summed E-state index contributed by atoms with van der Waals surface area (Å²) in [7, 11) is 0. The zero-order valence-electron chi connectivity index (χ0n) is 11.9. The fourth-order valence-corrected chi connectivity index (χ4v) is 2.57. The number of benzene rings is 1. The van der Waals surface area contributed by atoms with Gasteiger partial charge in [-0.2, -0.15) is 0 Å². The molecule has 0 saturated carbocycles. The van der Waals surface area contributed by atoms with Crippen molar-refractivity contribution in [2.45, 2.75) is 19.4 Å². The largest absolute Gasteiger partial charge is 0.396 e. The van der Waals surface area contributed by atoms with Crippen LogP contribution in [0.4, 0.5) is 4.39 Å². The second kappa shape index (κ2) is 6.67. The van der Waals surface area contributed by atoms with Gasteiger partial charge in [-0.25, -0.2) is 4.39 Å². The number of hydrogen-bond acceptors (Lipinski definition) is 3. The van der Waals surface area contributed by atoms with E-state index in [0.717, 1.165) is 5.56 Å². The first-order valence-corrected chi connectivity index (χ1v) is 6.89. The summed E-state index contributed by atoms with van der Waals surface area (Å²) in [6, 6.07) is 5.59. The molecule has 0 spiro atoms. The van der Waals surface area contributed by atoms with Gasteiger partial charge in [0.15, 0.2) is 0 Å². The number of halogens is 1. The number of aliphatic hydroxyl groups excluding tert-OH is 1. The Kier molecular flexibility index (Phi) is 4.90. The molecule has 1 fully saturated rings. The van der Waals surface area contributed by atoms with E-state index in [1.807, 2.05) is 0 Å². The maximum Gasteiger partial charge on any atom is 0.227 e. The Labute approximate surface area is 122 Å². The maximum atomic E-state index is 12.8. The third-order valence-electron chi connectivity index (χ3n) is 3.69. The zero-order chi connectivity index (χ0) is 15.4. The molecule has 2 atom stereocenters. The molecule has 5 nitrogen and oxygen atoms in total. The highest BCUT2D eigenvalue weighted by molar-refractivity contribution is 5.79. The molecule has 0 unspecified atom stereocenters. The van der Waals surface area contributed by atoms with Crippen LogP contribution in [0.3, 0.4) is 0 Å². The fraction of sp³-hybridized carbons (Fsp3) is 0.467. The van der Waals surface area contributed by atoms with Crippen LogP contribution in [0.15, 0.2) is 24.3 Å². The Morgan fingerprint density at radius 1 is 1.33 bits per heavy atom. The van der Waals surface area contributed by atoms with Crippen LogP contribution in [0.2, 0.25) is 0 Å². The number of nitrogens with zero attached hydrogens (tertiary/aromatic N) is 1. The second-order valence-corrected chi connectivity index (χ2v) is 5.35. The molecule has 0 aromatic heterocycles. The maximum absolute atomic E-state index is 12.8. The summed E-state index contributed by atoms with van der Waals surface area (Å²) in [6.45, 7) is 2.15. The smallest absolute Gasteiger partial charge is 0.227 e. The minimum absolute atomic E-state index is 0.0781. The molecule has 1 aliphatic rings. The predicted molar refractivity (Wildman–Crippen MR) is 74.9 cm³/mol. The molecule has 0 bridgehead atoms. The van der Waals surface area contributed by atoms with Gasteiger partial charge in [-0.1, -0.05) is 12.1 Å². The normalized spacial score (nSPS) is 21.4. The van der Waals surface area contributed by atoms with Gasteiger partial charge in [0.25, 0.3) is 0 Å². The van der Waals surface area contributed by atoms with Gasteiger partial charge in [0.2, 0.25) is 11.8 Å². The average molecular weight is 294 g/mol. The molecule has 6 heteroatoms. The number of hydrogen-bond donors (Lipinski definition) is 2. The molecule has 2 amide bonds. The van der Waals surface area contributed by atoms with Crippen molar-refractivity contribution in [1.29, 1.82) is 0 Å². The molecule has 114 valence electrons. The van der Waals surface area contributed by atoms with Crippen molar-refractivity contribution in [3.05, 3.63) is 35.6 Å². The van der Waals surface area contributed by atoms with Gasteiger partial charge in [0.1, 0.15) is 5.82 Å². The Bertz CT molecular complexity index is 518. The molecule has 1 saturated heterocycles. The molecule has 2 N–H and O–H groups in total. The van der Waals surface area contributed by atoms with Crippen LogP contribution in [0.5, 0.6) is 0 Å². The third kappa shape index (κ3) is 4.01. The van der Waals surface area contributed by atoms with Gasteiger partial charge >= 0.3 is 0 Å². The van der Waals surface area contributed by atoms with Crippen LogP contribution in [0.1, 0.15) is 12.5 Å². The first kappa shape index (κ1) is 15.4. The Hall–Kier alpha value is -1.95. The molecule has 0 radical (unpaired) electrons. The summed E-state index contributed by atoms with van der Waals surface area (Å²) in [5.41, 5.74) is 0.741. The number of nitrogens with one attached hydrogen (secondary N) is 1. The molecular formula is C15H19FN2O3. The lowest BCUT2D eigenvalue weighted by Crippen LogP contribution is -2.40. The van der Waals surface area contributed by atoms with Gasteiger partial charge in [0.05, 0.1) is 12.5 Å². The minimum atomic E-state index is -0.335. The van der Waals surface area contributed by atoms with E-state index in [9.17, 15) is 19.1 Å². The molecule has 21 heavy (non-hydrogen) atoms. The molecule has 1 aromatic rings. The second-order valence-electron chi connectivity index (χ2n) is 5.35. The first-order valence-electron chi connectivity index (χ1n) is 6.89. The quantitative estimate of drug-likeness (QED) is 0.840. The van der Waals surface area contributed by atoms with Crippen LogP contribution in [-0.2, 0) is 16.0 Å². The number of likely N-dealkylation sites (tertiary alicyclic amines) is 1. The third-order valence-corrected chi connectivity index (χ3v) is 3.69. The van der Waals surface area contributed by atoms with E-state index >= 15 is 0 Å².